The van der Waals surface area contributed by atoms with Gasteiger partial charge in [-0.25, -0.2) is 4.79 Å². The number of ether oxygens (including phenoxy) is 3. The van der Waals surface area contributed by atoms with Gasteiger partial charge in [0.1, 0.15) is 6.10 Å². The summed E-state index contributed by atoms with van der Waals surface area (Å²) in [6.07, 6.45) is -3.50. The van der Waals surface area contributed by atoms with E-state index in [2.05, 4.69) is 0 Å². The zero-order valence-electron chi connectivity index (χ0n) is 9.49. The van der Waals surface area contributed by atoms with Gasteiger partial charge in [-0.15, -0.1) is 0 Å². The van der Waals surface area contributed by atoms with Crippen LogP contribution in [0.5, 0.6) is 17.2 Å². The molecule has 0 aliphatic carbocycles. The largest absolute Gasteiger partial charge is 0.493 e. The van der Waals surface area contributed by atoms with Gasteiger partial charge in [-0.3, -0.25) is 0 Å². The van der Waals surface area contributed by atoms with Crippen molar-refractivity contribution < 1.29 is 34.3 Å². The Bertz CT molecular complexity index is 471. The van der Waals surface area contributed by atoms with E-state index in [1.165, 1.54) is 19.2 Å². The van der Waals surface area contributed by atoms with Gasteiger partial charge < -0.3 is 29.5 Å². The smallest absolute Gasteiger partial charge is 0.335 e. The molecule has 1 aliphatic rings. The second kappa shape index (κ2) is 4.71. The van der Waals surface area contributed by atoms with Gasteiger partial charge in [0.2, 0.25) is 12.5 Å². The number of methoxy groups -OCH3 is 1. The lowest BCUT2D eigenvalue weighted by molar-refractivity contribution is -0.153. The topological polar surface area (TPSA) is 105 Å². The monoisotopic (exact) mass is 256 g/mol. The van der Waals surface area contributed by atoms with E-state index < -0.39 is 18.2 Å². The van der Waals surface area contributed by atoms with Crippen LogP contribution in [0.4, 0.5) is 0 Å². The molecule has 0 saturated carbocycles. The molecule has 1 heterocycles. The van der Waals surface area contributed by atoms with Gasteiger partial charge in [-0.2, -0.15) is 0 Å². The van der Waals surface area contributed by atoms with Gasteiger partial charge in [-0.05, 0) is 17.7 Å². The van der Waals surface area contributed by atoms with E-state index in [9.17, 15) is 15.0 Å². The van der Waals surface area contributed by atoms with Crippen molar-refractivity contribution in [2.75, 3.05) is 13.9 Å². The first-order valence-corrected chi connectivity index (χ1v) is 5.11. The molecule has 2 unspecified atom stereocenters. The van der Waals surface area contributed by atoms with E-state index in [0.29, 0.717) is 17.2 Å². The number of carboxylic acids is 1. The highest BCUT2D eigenvalue weighted by Crippen LogP contribution is 2.43. The Labute approximate surface area is 102 Å². The lowest BCUT2D eigenvalue weighted by Gasteiger charge is -2.16. The summed E-state index contributed by atoms with van der Waals surface area (Å²) in [5.74, 6) is -0.491. The summed E-state index contributed by atoms with van der Waals surface area (Å²) < 4.78 is 15.3. The fourth-order valence-corrected chi connectivity index (χ4v) is 1.64. The number of rotatable bonds is 4. The Morgan fingerprint density at radius 2 is 2.11 bits per heavy atom. The van der Waals surface area contributed by atoms with Gasteiger partial charge in [-0.1, -0.05) is 0 Å². The van der Waals surface area contributed by atoms with E-state index in [1.54, 1.807) is 0 Å². The summed E-state index contributed by atoms with van der Waals surface area (Å²) in [5.41, 5.74) is 0.172. The van der Waals surface area contributed by atoms with E-state index in [1.807, 2.05) is 0 Å². The number of carbonyl (C=O) groups is 1. The highest BCUT2D eigenvalue weighted by molar-refractivity contribution is 5.73. The van der Waals surface area contributed by atoms with Crippen molar-refractivity contribution in [1.29, 1.82) is 0 Å². The summed E-state index contributed by atoms with van der Waals surface area (Å²) >= 11 is 0. The predicted molar refractivity (Wildman–Crippen MR) is 57.7 cm³/mol. The molecule has 18 heavy (non-hydrogen) atoms. The molecule has 3 N–H and O–H groups in total. The van der Waals surface area contributed by atoms with Crippen LogP contribution in [0.3, 0.4) is 0 Å². The number of hydrogen-bond acceptors (Lipinski definition) is 6. The predicted octanol–water partition coefficient (Wildman–Crippen LogP) is -0.0972. The zero-order valence-corrected chi connectivity index (χ0v) is 9.49. The number of benzene rings is 1. The quantitative estimate of drug-likeness (QED) is 0.690. The Balaban J connectivity index is 2.37. The molecule has 1 aromatic carbocycles. The van der Waals surface area contributed by atoms with Crippen molar-refractivity contribution in [2.45, 2.75) is 12.2 Å². The van der Waals surface area contributed by atoms with Crippen molar-refractivity contribution in [1.82, 2.24) is 0 Å². The molecule has 1 aromatic rings. The van der Waals surface area contributed by atoms with Crippen LogP contribution in [-0.4, -0.2) is 41.3 Å². The minimum atomic E-state index is -1.92. The molecule has 7 heteroatoms. The first kappa shape index (κ1) is 12.5. The van der Waals surface area contributed by atoms with Crippen LogP contribution in [0.2, 0.25) is 0 Å². The maximum Gasteiger partial charge on any atom is 0.335 e. The Morgan fingerprint density at radius 3 is 2.72 bits per heavy atom. The number of aliphatic hydroxyl groups excluding tert-OH is 2. The molecule has 1 aliphatic heterocycles. The molecule has 0 aromatic heterocycles. The first-order valence-electron chi connectivity index (χ1n) is 5.11. The molecular formula is C11H12O7. The number of hydrogen-bond donors (Lipinski definition) is 3. The lowest BCUT2D eigenvalue weighted by atomic mass is 10.0. The fourth-order valence-electron chi connectivity index (χ4n) is 1.64. The van der Waals surface area contributed by atoms with Gasteiger partial charge in [0.25, 0.3) is 0 Å². The van der Waals surface area contributed by atoms with E-state index in [4.69, 9.17) is 19.3 Å². The van der Waals surface area contributed by atoms with Crippen molar-refractivity contribution >= 4 is 5.97 Å². The van der Waals surface area contributed by atoms with Crippen LogP contribution >= 0.6 is 0 Å². The third-order valence-electron chi connectivity index (χ3n) is 2.57. The highest BCUT2D eigenvalue weighted by Gasteiger charge is 2.29. The SMILES string of the molecule is COc1cc(C(O)C(O)C(=O)O)cc2c1OCO2. The number of fused-ring (bicyclic) bond motifs is 1. The van der Waals surface area contributed by atoms with Crippen molar-refractivity contribution in [3.8, 4) is 17.2 Å². The van der Waals surface area contributed by atoms with Gasteiger partial charge in [0.15, 0.2) is 17.6 Å². The average Bonchev–Trinajstić information content (AvgIpc) is 2.83. The molecular weight excluding hydrogens is 244 g/mol. The summed E-state index contributed by atoms with van der Waals surface area (Å²) in [4.78, 5) is 10.6. The summed E-state index contributed by atoms with van der Waals surface area (Å²) in [5, 5.41) is 27.7. The average molecular weight is 256 g/mol. The Hall–Kier alpha value is -1.99. The molecule has 0 fully saturated rings. The molecule has 98 valence electrons. The Morgan fingerprint density at radius 1 is 1.39 bits per heavy atom. The lowest BCUT2D eigenvalue weighted by Crippen LogP contribution is -2.27. The maximum atomic E-state index is 10.6. The van der Waals surface area contributed by atoms with Crippen molar-refractivity contribution in [2.24, 2.45) is 0 Å². The molecule has 2 atom stereocenters. The minimum absolute atomic E-state index is 0.0206. The summed E-state index contributed by atoms with van der Waals surface area (Å²) in [6.45, 7) is 0.0206. The minimum Gasteiger partial charge on any atom is -0.493 e. The molecule has 0 saturated heterocycles. The molecule has 0 spiro atoms. The Kier molecular flexibility index (Phi) is 3.26. The van der Waals surface area contributed by atoms with Crippen LogP contribution < -0.4 is 14.2 Å². The molecule has 0 bridgehead atoms. The zero-order chi connectivity index (χ0) is 13.3. The number of aliphatic carboxylic acids is 1. The molecule has 7 nitrogen and oxygen atoms in total. The van der Waals surface area contributed by atoms with E-state index in [0.717, 1.165) is 0 Å². The first-order chi connectivity index (χ1) is 8.54. The fraction of sp³-hybridized carbons (Fsp3) is 0.364. The van der Waals surface area contributed by atoms with Crippen LogP contribution in [-0.2, 0) is 4.79 Å². The van der Waals surface area contributed by atoms with Crippen molar-refractivity contribution in [3.63, 3.8) is 0 Å². The summed E-state index contributed by atoms with van der Waals surface area (Å²) in [6, 6.07) is 2.80. The van der Waals surface area contributed by atoms with Gasteiger partial charge in [0, 0.05) is 0 Å². The van der Waals surface area contributed by atoms with Gasteiger partial charge in [0.05, 0.1) is 7.11 Å². The molecule has 2 rings (SSSR count). The van der Waals surface area contributed by atoms with Crippen LogP contribution in [0.25, 0.3) is 0 Å². The number of carboxylic acid groups (broad SMARTS) is 1. The molecule has 0 radical (unpaired) electrons. The standard InChI is InChI=1S/C11H12O7/c1-16-6-2-5(8(12)9(13)11(14)15)3-7-10(6)18-4-17-7/h2-3,8-9,12-13H,4H2,1H3,(H,14,15). The van der Waals surface area contributed by atoms with Crippen LogP contribution in [0.15, 0.2) is 12.1 Å². The molecule has 0 amide bonds. The van der Waals surface area contributed by atoms with Crippen LogP contribution in [0.1, 0.15) is 11.7 Å². The third-order valence-corrected chi connectivity index (χ3v) is 2.57. The second-order valence-corrected chi connectivity index (χ2v) is 3.68. The van der Waals surface area contributed by atoms with Gasteiger partial charge >= 0.3 is 5.97 Å². The van der Waals surface area contributed by atoms with E-state index >= 15 is 0 Å². The summed E-state index contributed by atoms with van der Waals surface area (Å²) in [7, 11) is 1.40. The van der Waals surface area contributed by atoms with Crippen molar-refractivity contribution in [3.05, 3.63) is 17.7 Å². The number of aliphatic hydroxyl groups is 2. The van der Waals surface area contributed by atoms with E-state index in [-0.39, 0.29) is 12.4 Å². The highest BCUT2D eigenvalue weighted by atomic mass is 16.7. The third kappa shape index (κ3) is 2.05. The van der Waals surface area contributed by atoms with Crippen LogP contribution in [0, 0.1) is 0 Å². The second-order valence-electron chi connectivity index (χ2n) is 3.68. The maximum absolute atomic E-state index is 10.6. The normalized spacial score (nSPS) is 16.2.